The second-order valence-corrected chi connectivity index (χ2v) is 6.22. The molecule has 1 heterocycles. The molecule has 0 aromatic carbocycles. The molecule has 1 aliphatic rings. The Labute approximate surface area is 104 Å². The number of thiazole rings is 1. The van der Waals surface area contributed by atoms with Crippen molar-refractivity contribution in [3.05, 3.63) is 10.5 Å². The van der Waals surface area contributed by atoms with Gasteiger partial charge in [0.15, 0.2) is 5.13 Å². The Morgan fingerprint density at radius 2 is 2.47 bits per heavy atom. The van der Waals surface area contributed by atoms with E-state index in [0.717, 1.165) is 10.4 Å². The molecule has 1 N–H and O–H groups in total. The van der Waals surface area contributed by atoms with E-state index in [2.05, 4.69) is 16.6 Å². The van der Waals surface area contributed by atoms with E-state index < -0.39 is 0 Å². The zero-order valence-corrected chi connectivity index (χ0v) is 11.1. The van der Waals surface area contributed by atoms with E-state index in [0.29, 0.717) is 11.2 Å². The van der Waals surface area contributed by atoms with Crippen LogP contribution >= 0.6 is 34.7 Å². The van der Waals surface area contributed by atoms with E-state index in [-0.39, 0.29) is 0 Å². The molecule has 1 fully saturated rings. The number of hydrogen-bond donors (Lipinski definition) is 1. The Hall–Kier alpha value is 0.0700. The van der Waals surface area contributed by atoms with Crippen LogP contribution in [0, 0.1) is 0 Å². The van der Waals surface area contributed by atoms with Gasteiger partial charge in [0.1, 0.15) is 5.15 Å². The average molecular weight is 263 g/mol. The van der Waals surface area contributed by atoms with Crippen LogP contribution in [-0.4, -0.2) is 22.5 Å². The molecule has 1 aliphatic carbocycles. The van der Waals surface area contributed by atoms with Crippen LogP contribution in [0.15, 0.2) is 5.38 Å². The molecule has 0 bridgehead atoms. The third kappa shape index (κ3) is 3.26. The Kier molecular flexibility index (Phi) is 4.17. The van der Waals surface area contributed by atoms with Crippen LogP contribution in [0.25, 0.3) is 0 Å². The monoisotopic (exact) mass is 262 g/mol. The maximum absolute atomic E-state index is 5.79. The number of nitrogens with one attached hydrogen (secondary N) is 1. The summed E-state index contributed by atoms with van der Waals surface area (Å²) in [5, 5.41) is 7.72. The molecule has 0 radical (unpaired) electrons. The number of halogens is 1. The van der Waals surface area contributed by atoms with Gasteiger partial charge in [0.2, 0.25) is 0 Å². The van der Waals surface area contributed by atoms with Crippen molar-refractivity contribution in [3.8, 4) is 0 Å². The molecule has 1 saturated carbocycles. The maximum atomic E-state index is 5.79. The van der Waals surface area contributed by atoms with Crippen molar-refractivity contribution in [2.24, 2.45) is 0 Å². The van der Waals surface area contributed by atoms with Crippen LogP contribution in [0.2, 0.25) is 5.15 Å². The Bertz CT molecular complexity index is 316. The topological polar surface area (TPSA) is 24.9 Å². The minimum Gasteiger partial charge on any atom is -0.359 e. The van der Waals surface area contributed by atoms with Gasteiger partial charge in [-0.3, -0.25) is 0 Å². The van der Waals surface area contributed by atoms with Gasteiger partial charge in [-0.05, 0) is 25.5 Å². The highest BCUT2D eigenvalue weighted by atomic mass is 35.5. The van der Waals surface area contributed by atoms with Gasteiger partial charge in [-0.25, -0.2) is 4.98 Å². The van der Waals surface area contributed by atoms with Gasteiger partial charge in [0.05, 0.1) is 0 Å². The van der Waals surface area contributed by atoms with E-state index in [4.69, 9.17) is 11.6 Å². The fraction of sp³-hybridized carbons (Fsp3) is 0.700. The Balaban J connectivity index is 1.88. The van der Waals surface area contributed by atoms with Crippen molar-refractivity contribution in [1.29, 1.82) is 0 Å². The molecule has 1 aromatic rings. The average Bonchev–Trinajstić information content (AvgIpc) is 2.64. The van der Waals surface area contributed by atoms with Crippen LogP contribution in [0.1, 0.15) is 25.7 Å². The van der Waals surface area contributed by atoms with Crippen LogP contribution < -0.4 is 5.32 Å². The first-order valence-electron chi connectivity index (χ1n) is 5.18. The molecule has 2 nitrogen and oxygen atoms in total. The summed E-state index contributed by atoms with van der Waals surface area (Å²) in [6.07, 6.45) is 7.39. The highest BCUT2D eigenvalue weighted by Crippen LogP contribution is 2.30. The SMILES string of the molecule is CSC1CCCC(Nc2nc(Cl)cs2)C1. The second-order valence-electron chi connectivity index (χ2n) is 3.84. The molecule has 0 spiro atoms. The van der Waals surface area contributed by atoms with Gasteiger partial charge in [-0.2, -0.15) is 11.8 Å². The molecule has 0 aliphatic heterocycles. The lowest BCUT2D eigenvalue weighted by molar-refractivity contribution is 0.473. The highest BCUT2D eigenvalue weighted by Gasteiger charge is 2.21. The lowest BCUT2D eigenvalue weighted by Crippen LogP contribution is -2.28. The molecule has 15 heavy (non-hydrogen) atoms. The van der Waals surface area contributed by atoms with E-state index in [1.54, 1.807) is 11.3 Å². The summed E-state index contributed by atoms with van der Waals surface area (Å²) in [6.45, 7) is 0. The molecule has 84 valence electrons. The van der Waals surface area contributed by atoms with E-state index in [9.17, 15) is 0 Å². The molecule has 2 unspecified atom stereocenters. The molecule has 5 heteroatoms. The summed E-state index contributed by atoms with van der Waals surface area (Å²) in [6, 6.07) is 0.582. The lowest BCUT2D eigenvalue weighted by atomic mass is 9.95. The summed E-state index contributed by atoms with van der Waals surface area (Å²) >= 11 is 9.36. The van der Waals surface area contributed by atoms with Gasteiger partial charge in [0, 0.05) is 16.7 Å². The van der Waals surface area contributed by atoms with Gasteiger partial charge in [-0.15, -0.1) is 11.3 Å². The van der Waals surface area contributed by atoms with Gasteiger partial charge < -0.3 is 5.32 Å². The zero-order valence-electron chi connectivity index (χ0n) is 8.70. The van der Waals surface area contributed by atoms with Crippen molar-refractivity contribution in [2.75, 3.05) is 11.6 Å². The molecule has 0 amide bonds. The molecule has 1 aromatic heterocycles. The quantitative estimate of drug-likeness (QED) is 0.895. The summed E-state index contributed by atoms with van der Waals surface area (Å²) in [7, 11) is 0. The van der Waals surface area contributed by atoms with Crippen molar-refractivity contribution in [3.63, 3.8) is 0 Å². The number of anilines is 1. The molecular formula is C10H15ClN2S2. The molecule has 2 rings (SSSR count). The minimum atomic E-state index is 0.582. The standard InChI is InChI=1S/C10H15ClN2S2/c1-14-8-4-2-3-7(5-8)12-10-13-9(11)6-15-10/h6-8H,2-5H2,1H3,(H,12,13). The summed E-state index contributed by atoms with van der Waals surface area (Å²) in [4.78, 5) is 4.22. The van der Waals surface area contributed by atoms with Crippen LogP contribution in [0.5, 0.6) is 0 Å². The smallest absolute Gasteiger partial charge is 0.184 e. The molecule has 2 atom stereocenters. The van der Waals surface area contributed by atoms with Crippen LogP contribution in [0.4, 0.5) is 5.13 Å². The Morgan fingerprint density at radius 3 is 3.13 bits per heavy atom. The van der Waals surface area contributed by atoms with E-state index >= 15 is 0 Å². The Morgan fingerprint density at radius 1 is 1.60 bits per heavy atom. The maximum Gasteiger partial charge on any atom is 0.184 e. The van der Waals surface area contributed by atoms with Crippen molar-refractivity contribution < 1.29 is 0 Å². The van der Waals surface area contributed by atoms with Gasteiger partial charge >= 0.3 is 0 Å². The van der Waals surface area contributed by atoms with Crippen LogP contribution in [-0.2, 0) is 0 Å². The van der Waals surface area contributed by atoms with E-state index in [1.807, 2.05) is 17.1 Å². The predicted molar refractivity (Wildman–Crippen MR) is 70.3 cm³/mol. The first-order chi connectivity index (χ1) is 7.28. The molecular weight excluding hydrogens is 248 g/mol. The van der Waals surface area contributed by atoms with Gasteiger partial charge in [-0.1, -0.05) is 18.0 Å². The van der Waals surface area contributed by atoms with Crippen molar-refractivity contribution in [1.82, 2.24) is 4.98 Å². The second kappa shape index (κ2) is 5.41. The third-order valence-electron chi connectivity index (χ3n) is 2.76. The van der Waals surface area contributed by atoms with Gasteiger partial charge in [0.25, 0.3) is 0 Å². The number of aromatic nitrogens is 1. The predicted octanol–water partition coefficient (Wildman–Crippen LogP) is 3.88. The highest BCUT2D eigenvalue weighted by molar-refractivity contribution is 7.99. The molecule has 0 saturated heterocycles. The van der Waals surface area contributed by atoms with E-state index in [1.165, 1.54) is 25.7 Å². The number of rotatable bonds is 3. The summed E-state index contributed by atoms with van der Waals surface area (Å²) in [5.74, 6) is 0. The van der Waals surface area contributed by atoms with Crippen LogP contribution in [0.3, 0.4) is 0 Å². The number of hydrogen-bond acceptors (Lipinski definition) is 4. The fourth-order valence-corrected chi connectivity index (χ4v) is 3.73. The van der Waals surface area contributed by atoms with Crippen molar-refractivity contribution >= 4 is 39.8 Å². The first kappa shape index (κ1) is 11.6. The summed E-state index contributed by atoms with van der Waals surface area (Å²) in [5.41, 5.74) is 0. The zero-order chi connectivity index (χ0) is 10.7. The lowest BCUT2D eigenvalue weighted by Gasteiger charge is -2.28. The normalized spacial score (nSPS) is 26.5. The summed E-state index contributed by atoms with van der Waals surface area (Å²) < 4.78 is 0. The largest absolute Gasteiger partial charge is 0.359 e. The number of nitrogens with zero attached hydrogens (tertiary/aromatic N) is 1. The number of thioether (sulfide) groups is 1. The minimum absolute atomic E-state index is 0.582. The fourth-order valence-electron chi connectivity index (χ4n) is 1.99. The van der Waals surface area contributed by atoms with Crippen molar-refractivity contribution in [2.45, 2.75) is 37.0 Å². The first-order valence-corrected chi connectivity index (χ1v) is 7.73. The third-order valence-corrected chi connectivity index (χ3v) is 4.95.